The molecule has 1 heterocycles. The normalized spacial score (nSPS) is 25.1. The molecular formula is C7H14Cl2FN. The summed E-state index contributed by atoms with van der Waals surface area (Å²) in [4.78, 5) is 2.22. The zero-order valence-electron chi connectivity index (χ0n) is 6.43. The van der Waals surface area contributed by atoms with E-state index in [1.54, 1.807) is 0 Å². The van der Waals surface area contributed by atoms with Crippen molar-refractivity contribution in [1.82, 2.24) is 4.90 Å². The van der Waals surface area contributed by atoms with Crippen LogP contribution in [0.5, 0.6) is 0 Å². The van der Waals surface area contributed by atoms with Crippen LogP contribution < -0.4 is 0 Å². The molecule has 0 aliphatic carbocycles. The zero-order valence-corrected chi connectivity index (χ0v) is 8.00. The van der Waals surface area contributed by atoms with Gasteiger partial charge in [0.25, 0.3) is 0 Å². The van der Waals surface area contributed by atoms with E-state index in [1.807, 2.05) is 0 Å². The second kappa shape index (κ2) is 6.04. The van der Waals surface area contributed by atoms with Crippen molar-refractivity contribution in [2.45, 2.75) is 18.2 Å². The molecule has 1 aliphatic heterocycles. The maximum absolute atomic E-state index is 11.7. The molecule has 0 spiro atoms. The average molecular weight is 202 g/mol. The van der Waals surface area contributed by atoms with E-state index in [2.05, 4.69) is 4.90 Å². The van der Waals surface area contributed by atoms with Crippen LogP contribution in [0.4, 0.5) is 4.39 Å². The highest BCUT2D eigenvalue weighted by Gasteiger charge is 2.18. The van der Waals surface area contributed by atoms with E-state index in [9.17, 15) is 4.39 Å². The lowest BCUT2D eigenvalue weighted by Crippen LogP contribution is -2.22. The molecule has 0 bridgehead atoms. The minimum Gasteiger partial charge on any atom is -0.302 e. The molecule has 0 aromatic carbocycles. The topological polar surface area (TPSA) is 3.24 Å². The van der Waals surface area contributed by atoms with Gasteiger partial charge in [-0.1, -0.05) is 0 Å². The summed E-state index contributed by atoms with van der Waals surface area (Å²) in [6.07, 6.45) is 1.72. The van der Waals surface area contributed by atoms with E-state index in [-0.39, 0.29) is 19.1 Å². The van der Waals surface area contributed by atoms with Crippen LogP contribution in [-0.4, -0.2) is 36.6 Å². The number of hydrogen-bond donors (Lipinski definition) is 0. The Labute approximate surface area is 78.3 Å². The molecule has 68 valence electrons. The van der Waals surface area contributed by atoms with Crippen LogP contribution in [0.2, 0.25) is 0 Å². The van der Waals surface area contributed by atoms with Crippen molar-refractivity contribution in [3.8, 4) is 0 Å². The van der Waals surface area contributed by atoms with E-state index in [0.29, 0.717) is 11.8 Å². The van der Waals surface area contributed by atoms with Crippen molar-refractivity contribution in [2.75, 3.05) is 26.3 Å². The molecule has 1 unspecified atom stereocenters. The van der Waals surface area contributed by atoms with Gasteiger partial charge in [-0.05, 0) is 19.4 Å². The summed E-state index contributed by atoms with van der Waals surface area (Å²) < 4.78 is 11.7. The molecule has 0 saturated carbocycles. The summed E-state index contributed by atoms with van der Waals surface area (Å²) in [6.45, 7) is 2.67. The second-order valence-electron chi connectivity index (χ2n) is 2.73. The minimum absolute atomic E-state index is 0. The Morgan fingerprint density at radius 3 is 2.73 bits per heavy atom. The van der Waals surface area contributed by atoms with Crippen molar-refractivity contribution < 1.29 is 4.39 Å². The van der Waals surface area contributed by atoms with E-state index >= 15 is 0 Å². The molecule has 1 aliphatic rings. The summed E-state index contributed by atoms with van der Waals surface area (Å²) in [6, 6.07) is 0. The fourth-order valence-corrected chi connectivity index (χ4v) is 1.56. The van der Waals surface area contributed by atoms with Gasteiger partial charge in [0.1, 0.15) is 0 Å². The molecule has 0 aromatic heterocycles. The van der Waals surface area contributed by atoms with Gasteiger partial charge in [0.15, 0.2) is 0 Å². The summed E-state index contributed by atoms with van der Waals surface area (Å²) in [5.74, 6) is 0. The van der Waals surface area contributed by atoms with Gasteiger partial charge in [0.05, 0.1) is 6.67 Å². The maximum Gasteiger partial charge on any atom is 0.0906 e. The molecule has 0 radical (unpaired) electrons. The quantitative estimate of drug-likeness (QED) is 0.633. The predicted molar refractivity (Wildman–Crippen MR) is 48.5 cm³/mol. The van der Waals surface area contributed by atoms with Crippen LogP contribution in [0.3, 0.4) is 0 Å². The first kappa shape index (κ1) is 11.5. The van der Waals surface area contributed by atoms with Gasteiger partial charge in [-0.2, -0.15) is 0 Å². The van der Waals surface area contributed by atoms with Gasteiger partial charge >= 0.3 is 0 Å². The largest absolute Gasteiger partial charge is 0.302 e. The Hall–Kier alpha value is 0.470. The van der Waals surface area contributed by atoms with E-state index in [1.165, 1.54) is 0 Å². The van der Waals surface area contributed by atoms with E-state index in [0.717, 1.165) is 26.1 Å². The number of nitrogens with zero attached hydrogens (tertiary/aromatic N) is 1. The lowest BCUT2D eigenvalue weighted by Gasteiger charge is -2.12. The molecule has 1 saturated heterocycles. The summed E-state index contributed by atoms with van der Waals surface area (Å²) in [5, 5.41) is 0.305. The van der Waals surface area contributed by atoms with Gasteiger partial charge in [-0.3, -0.25) is 4.39 Å². The number of hydrogen-bond acceptors (Lipinski definition) is 1. The third kappa shape index (κ3) is 4.14. The minimum atomic E-state index is -0.205. The monoisotopic (exact) mass is 201 g/mol. The molecule has 11 heavy (non-hydrogen) atoms. The third-order valence-electron chi connectivity index (χ3n) is 1.82. The molecule has 1 atom stereocenters. The molecule has 1 nitrogen and oxygen atoms in total. The summed E-state index contributed by atoms with van der Waals surface area (Å²) in [5.41, 5.74) is 0. The first-order valence-electron chi connectivity index (χ1n) is 3.75. The van der Waals surface area contributed by atoms with Gasteiger partial charge < -0.3 is 4.90 Å². The van der Waals surface area contributed by atoms with E-state index in [4.69, 9.17) is 11.6 Å². The van der Waals surface area contributed by atoms with Crippen LogP contribution in [-0.2, 0) is 0 Å². The summed E-state index contributed by atoms with van der Waals surface area (Å²) >= 11 is 5.85. The predicted octanol–water partition coefficient (Wildman–Crippen LogP) is 2.08. The Kier molecular flexibility index (Phi) is 6.30. The Bertz CT molecular complexity index is 102. The van der Waals surface area contributed by atoms with Gasteiger partial charge in [0, 0.05) is 18.5 Å². The second-order valence-corrected chi connectivity index (χ2v) is 3.35. The molecule has 1 rings (SSSR count). The highest BCUT2D eigenvalue weighted by atomic mass is 35.5. The Morgan fingerprint density at radius 1 is 1.55 bits per heavy atom. The zero-order chi connectivity index (χ0) is 7.40. The van der Waals surface area contributed by atoms with Gasteiger partial charge in [-0.15, -0.1) is 24.0 Å². The number of rotatable bonds is 3. The molecule has 1 fully saturated rings. The lowest BCUT2D eigenvalue weighted by atomic mass is 10.4. The van der Waals surface area contributed by atoms with Crippen LogP contribution in [0.15, 0.2) is 0 Å². The first-order valence-corrected chi connectivity index (χ1v) is 4.19. The fourth-order valence-electron chi connectivity index (χ4n) is 1.27. The van der Waals surface area contributed by atoms with Gasteiger partial charge in [0.2, 0.25) is 0 Å². The van der Waals surface area contributed by atoms with Crippen LogP contribution >= 0.6 is 24.0 Å². The Morgan fingerprint density at radius 2 is 2.27 bits per heavy atom. The van der Waals surface area contributed by atoms with Crippen LogP contribution in [0, 0.1) is 0 Å². The number of likely N-dealkylation sites (tertiary alicyclic amines) is 1. The van der Waals surface area contributed by atoms with Crippen LogP contribution in [0.25, 0.3) is 0 Å². The van der Waals surface area contributed by atoms with Crippen molar-refractivity contribution in [1.29, 1.82) is 0 Å². The number of alkyl halides is 2. The molecular weight excluding hydrogens is 188 g/mol. The molecule has 0 N–H and O–H groups in total. The van der Waals surface area contributed by atoms with Crippen molar-refractivity contribution in [2.24, 2.45) is 0 Å². The maximum atomic E-state index is 11.7. The Balaban J connectivity index is 0.000001000. The first-order chi connectivity index (χ1) is 4.83. The summed E-state index contributed by atoms with van der Waals surface area (Å²) in [7, 11) is 0. The average Bonchev–Trinajstić information content (AvgIpc) is 2.31. The fraction of sp³-hybridized carbons (Fsp3) is 1.00. The molecule has 0 amide bonds. The highest BCUT2D eigenvalue weighted by Crippen LogP contribution is 2.14. The van der Waals surface area contributed by atoms with Crippen molar-refractivity contribution >= 4 is 24.0 Å². The standard InChI is InChI=1S/C7H13ClFN.ClH/c8-7-2-5-10(6-7)4-1-3-9;/h7H,1-6H2;1H. The number of halogens is 3. The van der Waals surface area contributed by atoms with Crippen LogP contribution in [0.1, 0.15) is 12.8 Å². The smallest absolute Gasteiger partial charge is 0.0906 e. The van der Waals surface area contributed by atoms with Gasteiger partial charge in [-0.25, -0.2) is 0 Å². The molecule has 4 heteroatoms. The SMILES string of the molecule is Cl.FCCCN1CCC(Cl)C1. The van der Waals surface area contributed by atoms with Crippen molar-refractivity contribution in [3.05, 3.63) is 0 Å². The van der Waals surface area contributed by atoms with Crippen molar-refractivity contribution in [3.63, 3.8) is 0 Å². The highest BCUT2D eigenvalue weighted by molar-refractivity contribution is 6.20. The lowest BCUT2D eigenvalue weighted by molar-refractivity contribution is 0.313. The third-order valence-corrected chi connectivity index (χ3v) is 2.18. The van der Waals surface area contributed by atoms with E-state index < -0.39 is 0 Å². The molecule has 0 aromatic rings.